The molecule has 10 amide bonds. The second kappa shape index (κ2) is 31.9. The van der Waals surface area contributed by atoms with Crippen LogP contribution in [0.5, 0.6) is 0 Å². The molecule has 72 heavy (non-hydrogen) atoms. The molecule has 0 heterocycles. The minimum absolute atomic E-state index is 0.00585. The van der Waals surface area contributed by atoms with Crippen LogP contribution in [0.25, 0.3) is 0 Å². The van der Waals surface area contributed by atoms with Crippen molar-refractivity contribution in [3.63, 3.8) is 0 Å². The van der Waals surface area contributed by atoms with Crippen LogP contribution >= 0.6 is 0 Å². The van der Waals surface area contributed by atoms with Crippen LogP contribution in [-0.4, -0.2) is 160 Å². The predicted octanol–water partition coefficient (Wildman–Crippen LogP) is -5.15. The van der Waals surface area contributed by atoms with Gasteiger partial charge in [-0.15, -0.1) is 0 Å². The highest BCUT2D eigenvalue weighted by Gasteiger charge is 2.35. The fourth-order valence-electron chi connectivity index (χ4n) is 6.50. The topological polar surface area (TPSA) is 452 Å². The summed E-state index contributed by atoms with van der Waals surface area (Å²) >= 11 is 0. The van der Waals surface area contributed by atoms with Crippen LogP contribution in [-0.2, 0) is 64.0 Å². The summed E-state index contributed by atoms with van der Waals surface area (Å²) in [5.74, 6) is -13.5. The zero-order valence-electron chi connectivity index (χ0n) is 41.3. The van der Waals surface area contributed by atoms with Crippen molar-refractivity contribution in [1.82, 2.24) is 47.9 Å². The summed E-state index contributed by atoms with van der Waals surface area (Å²) in [4.78, 5) is 154. The number of carboxylic acids is 2. The maximum absolute atomic E-state index is 13.8. The van der Waals surface area contributed by atoms with E-state index in [1.807, 2.05) is 0 Å². The van der Waals surface area contributed by atoms with E-state index in [0.29, 0.717) is 24.8 Å². The molecule has 1 aromatic carbocycles. The first-order valence-electron chi connectivity index (χ1n) is 23.3. The molecule has 402 valence electrons. The minimum atomic E-state index is -1.72. The molecule has 1 rings (SSSR count). The summed E-state index contributed by atoms with van der Waals surface area (Å²) < 4.78 is 0. The van der Waals surface area contributed by atoms with E-state index in [-0.39, 0.29) is 25.3 Å². The Bertz CT molecular complexity index is 2060. The van der Waals surface area contributed by atoms with Gasteiger partial charge in [0.2, 0.25) is 59.1 Å². The third kappa shape index (κ3) is 22.7. The molecule has 0 fully saturated rings. The van der Waals surface area contributed by atoms with Gasteiger partial charge in [0.05, 0.1) is 32.0 Å². The first-order valence-corrected chi connectivity index (χ1v) is 23.3. The number of rotatable bonds is 33. The lowest BCUT2D eigenvalue weighted by Gasteiger charge is -2.28. The second-order valence-electron chi connectivity index (χ2n) is 17.4. The Morgan fingerprint density at radius 2 is 1.11 bits per heavy atom. The molecule has 0 unspecified atom stereocenters. The standard InChI is InChI=1S/C45H72N12O15/c1-7-23(4)35(48)43(69)55-30(19-34(61)62)41(67)57-36(22(2)3)44(70)56-28(17-26-13-9-8-10-14-26)38(64)49-20-33(60)52-31(21-58)42(68)50-24(5)37(63)54-29(18-32(47)59)40(66)53-27(15-11-12-16-46)39(65)51-25(6)45(71)72/h8-10,13-14,22-25,27-31,35-36,58H,7,11-12,15-21,46,48H2,1-6H3,(H2,47,59)(H,49,64)(H,50,68)(H,51,65)(H,52,60)(H,53,66)(H,54,63)(H,55,69)(H,56,70)(H,57,67)(H,61,62)(H,71,72)/t23-,24-,25-,27-,28-,29-,30-,31-,35-,36-/m0/s1. The molecule has 0 aliphatic rings. The number of hydrogen-bond acceptors (Lipinski definition) is 15. The number of aliphatic hydroxyl groups is 1. The van der Waals surface area contributed by atoms with Gasteiger partial charge in [-0.05, 0) is 57.1 Å². The summed E-state index contributed by atoms with van der Waals surface area (Å²) in [5.41, 5.74) is 17.4. The number of nitrogens with one attached hydrogen (secondary N) is 9. The number of hydrogen-bond donors (Lipinski definition) is 15. The number of carbonyl (C=O) groups excluding carboxylic acids is 10. The molecule has 0 aliphatic carbocycles. The van der Waals surface area contributed by atoms with E-state index in [1.165, 1.54) is 6.92 Å². The highest BCUT2D eigenvalue weighted by Crippen LogP contribution is 2.10. The van der Waals surface area contributed by atoms with Crippen LogP contribution in [0.4, 0.5) is 0 Å². The number of primary amides is 1. The van der Waals surface area contributed by atoms with E-state index in [4.69, 9.17) is 17.2 Å². The maximum atomic E-state index is 13.8. The van der Waals surface area contributed by atoms with Gasteiger partial charge in [-0.25, -0.2) is 0 Å². The zero-order valence-corrected chi connectivity index (χ0v) is 41.3. The van der Waals surface area contributed by atoms with Crippen LogP contribution in [0, 0.1) is 11.8 Å². The molecule has 0 bridgehead atoms. The monoisotopic (exact) mass is 1020 g/mol. The summed E-state index contributed by atoms with van der Waals surface area (Å²) in [6, 6.07) is -4.66. The normalized spacial score (nSPS) is 15.1. The molecular weight excluding hydrogens is 949 g/mol. The van der Waals surface area contributed by atoms with E-state index in [2.05, 4.69) is 47.9 Å². The Balaban J connectivity index is 3.13. The van der Waals surface area contributed by atoms with Gasteiger partial charge in [0.25, 0.3) is 0 Å². The van der Waals surface area contributed by atoms with E-state index in [0.717, 1.165) is 6.92 Å². The van der Waals surface area contributed by atoms with Crippen LogP contribution in [0.1, 0.15) is 85.6 Å². The fourth-order valence-corrected chi connectivity index (χ4v) is 6.50. The third-order valence-electron chi connectivity index (χ3n) is 11.1. The Morgan fingerprint density at radius 3 is 1.65 bits per heavy atom. The maximum Gasteiger partial charge on any atom is 0.325 e. The second-order valence-corrected chi connectivity index (χ2v) is 17.4. The van der Waals surface area contributed by atoms with Gasteiger partial charge in [-0.1, -0.05) is 64.4 Å². The van der Waals surface area contributed by atoms with E-state index in [1.54, 1.807) is 58.0 Å². The molecule has 27 nitrogen and oxygen atoms in total. The lowest BCUT2D eigenvalue weighted by atomic mass is 9.98. The van der Waals surface area contributed by atoms with Gasteiger partial charge in [-0.2, -0.15) is 0 Å². The van der Waals surface area contributed by atoms with Crippen molar-refractivity contribution in [2.24, 2.45) is 29.0 Å². The van der Waals surface area contributed by atoms with Gasteiger partial charge in [0, 0.05) is 6.42 Å². The molecule has 0 spiro atoms. The van der Waals surface area contributed by atoms with Crippen molar-refractivity contribution in [2.75, 3.05) is 19.7 Å². The van der Waals surface area contributed by atoms with Crippen LogP contribution in [0.2, 0.25) is 0 Å². The summed E-state index contributed by atoms with van der Waals surface area (Å²) in [7, 11) is 0. The average Bonchev–Trinajstić information content (AvgIpc) is 3.31. The van der Waals surface area contributed by atoms with Crippen molar-refractivity contribution < 1.29 is 72.9 Å². The van der Waals surface area contributed by atoms with Crippen molar-refractivity contribution in [3.05, 3.63) is 35.9 Å². The van der Waals surface area contributed by atoms with Gasteiger partial charge in [0.1, 0.15) is 48.3 Å². The molecule has 0 saturated heterocycles. The Labute approximate surface area is 416 Å². The van der Waals surface area contributed by atoms with E-state index < -0.39 is 157 Å². The molecule has 10 atom stereocenters. The Morgan fingerprint density at radius 1 is 0.583 bits per heavy atom. The minimum Gasteiger partial charge on any atom is -0.481 e. The van der Waals surface area contributed by atoms with Crippen molar-refractivity contribution >= 4 is 71.0 Å². The van der Waals surface area contributed by atoms with Gasteiger partial charge >= 0.3 is 11.9 Å². The molecule has 0 saturated carbocycles. The van der Waals surface area contributed by atoms with Crippen LogP contribution in [0.15, 0.2) is 30.3 Å². The molecule has 0 aromatic heterocycles. The van der Waals surface area contributed by atoms with Crippen LogP contribution in [0.3, 0.4) is 0 Å². The number of aliphatic carboxylic acids is 2. The van der Waals surface area contributed by atoms with Gasteiger partial charge in [-0.3, -0.25) is 57.5 Å². The van der Waals surface area contributed by atoms with Gasteiger partial charge in [0.15, 0.2) is 0 Å². The Kier molecular flexibility index (Phi) is 27.8. The summed E-state index contributed by atoms with van der Waals surface area (Å²) in [6.45, 7) is 7.39. The van der Waals surface area contributed by atoms with Gasteiger partial charge < -0.3 is 80.4 Å². The average molecular weight is 1020 g/mol. The lowest BCUT2D eigenvalue weighted by Crippen LogP contribution is -2.60. The number of carbonyl (C=O) groups is 12. The van der Waals surface area contributed by atoms with Crippen molar-refractivity contribution in [1.29, 1.82) is 0 Å². The number of carboxylic acid groups (broad SMARTS) is 2. The predicted molar refractivity (Wildman–Crippen MR) is 256 cm³/mol. The number of aliphatic hydroxyl groups excluding tert-OH is 1. The lowest BCUT2D eigenvalue weighted by molar-refractivity contribution is -0.142. The quantitative estimate of drug-likeness (QED) is 0.0293. The first kappa shape index (κ1) is 62.8. The number of nitrogens with two attached hydrogens (primary N) is 3. The molecule has 18 N–H and O–H groups in total. The molecule has 1 aromatic rings. The number of benzene rings is 1. The van der Waals surface area contributed by atoms with E-state index in [9.17, 15) is 72.9 Å². The van der Waals surface area contributed by atoms with Crippen molar-refractivity contribution in [3.8, 4) is 0 Å². The molecule has 0 radical (unpaired) electrons. The van der Waals surface area contributed by atoms with E-state index >= 15 is 0 Å². The van der Waals surface area contributed by atoms with Crippen molar-refractivity contribution in [2.45, 2.75) is 141 Å². The fraction of sp³-hybridized carbons (Fsp3) is 0.600. The third-order valence-corrected chi connectivity index (χ3v) is 11.1. The van der Waals surface area contributed by atoms with Crippen LogP contribution < -0.4 is 65.1 Å². The molecule has 27 heteroatoms. The number of amides is 10. The largest absolute Gasteiger partial charge is 0.481 e. The zero-order chi connectivity index (χ0) is 54.8. The summed E-state index contributed by atoms with van der Waals surface area (Å²) in [6.07, 6.45) is -0.450. The number of unbranched alkanes of at least 4 members (excludes halogenated alkanes) is 1. The SMILES string of the molecule is CC[C@H](C)[C@H](N)C(=O)N[C@@H](CC(=O)O)C(=O)N[C@H](C(=O)N[C@@H](Cc1ccccc1)C(=O)NCC(=O)N[C@@H](CO)C(=O)N[C@@H](C)C(=O)N[C@@H](CC(N)=O)C(=O)N[C@@H](CCCCN)C(=O)N[C@@H](C)C(=O)O)C(C)C. The highest BCUT2D eigenvalue weighted by atomic mass is 16.4. The summed E-state index contributed by atoms with van der Waals surface area (Å²) in [5, 5.41) is 49.6. The Hall–Kier alpha value is -7.26. The molecular formula is C45H72N12O15. The first-order chi connectivity index (χ1) is 33.8. The highest BCUT2D eigenvalue weighted by molar-refractivity contribution is 5.99. The molecule has 0 aliphatic heterocycles. The smallest absolute Gasteiger partial charge is 0.325 e.